The Morgan fingerprint density at radius 3 is 2.41 bits per heavy atom. The molecule has 4 rings (SSSR count). The fourth-order valence-electron chi connectivity index (χ4n) is 3.14. The zero-order chi connectivity index (χ0) is 26.7. The van der Waals surface area contributed by atoms with E-state index in [-0.39, 0.29) is 44.3 Å². The van der Waals surface area contributed by atoms with Crippen molar-refractivity contribution in [3.63, 3.8) is 0 Å². The van der Waals surface area contributed by atoms with Crippen LogP contribution in [0.2, 0.25) is 10.2 Å². The first kappa shape index (κ1) is 26.4. The molecule has 0 aliphatic rings. The highest BCUT2D eigenvalue weighted by Crippen LogP contribution is 2.40. The van der Waals surface area contributed by atoms with Crippen molar-refractivity contribution >= 4 is 39.0 Å². The van der Waals surface area contributed by atoms with E-state index >= 15 is 0 Å². The summed E-state index contributed by atoms with van der Waals surface area (Å²) in [6, 6.07) is 10.7. The molecule has 1 N–H and O–H groups in total. The number of benzene rings is 1. The van der Waals surface area contributed by atoms with Crippen LogP contribution in [0.15, 0.2) is 66.1 Å². The summed E-state index contributed by atoms with van der Waals surface area (Å²) in [5, 5.41) is 11.2. The molecule has 0 spiro atoms. The SMILES string of the molecule is COc1ccc(Cl)c(Oc2c(Cl)nc(-c3cc[n+]([O-])cc3)nc2NS(=O)(=O)c2ccc(C(C)C)cn2)c1. The van der Waals surface area contributed by atoms with Gasteiger partial charge in [-0.3, -0.25) is 4.72 Å². The van der Waals surface area contributed by atoms with Crippen LogP contribution in [0.25, 0.3) is 11.4 Å². The van der Waals surface area contributed by atoms with Crippen molar-refractivity contribution in [3.8, 4) is 28.6 Å². The third-order valence-corrected chi connectivity index (χ3v) is 6.99. The number of sulfonamides is 1. The predicted molar refractivity (Wildman–Crippen MR) is 139 cm³/mol. The monoisotopic (exact) mass is 561 g/mol. The second-order valence-electron chi connectivity index (χ2n) is 8.05. The van der Waals surface area contributed by atoms with Crippen LogP contribution in [-0.4, -0.2) is 30.5 Å². The van der Waals surface area contributed by atoms with Crippen LogP contribution in [0.5, 0.6) is 17.2 Å². The molecule has 13 heteroatoms. The van der Waals surface area contributed by atoms with Gasteiger partial charge >= 0.3 is 0 Å². The van der Waals surface area contributed by atoms with Gasteiger partial charge in [-0.2, -0.15) is 13.1 Å². The van der Waals surface area contributed by atoms with Crippen LogP contribution in [0, 0.1) is 5.21 Å². The number of nitrogens with zero attached hydrogens (tertiary/aromatic N) is 4. The minimum Gasteiger partial charge on any atom is -0.619 e. The molecule has 10 nitrogen and oxygen atoms in total. The van der Waals surface area contributed by atoms with Crippen LogP contribution < -0.4 is 18.9 Å². The third-order valence-electron chi connectivity index (χ3n) is 5.17. The first-order chi connectivity index (χ1) is 17.6. The average Bonchev–Trinajstić information content (AvgIpc) is 2.87. The standard InChI is InChI=1S/C24H21Cl2N5O5S/c1-14(2)16-4-7-20(27-13-16)37(33,34)30-24-21(36-19-12-17(35-3)5-6-18(19)25)22(26)28-23(29-24)15-8-10-31(32)11-9-15/h4-14H,1-3H3,(H,28,29,30). The molecule has 0 bridgehead atoms. The van der Waals surface area contributed by atoms with Crippen LogP contribution >= 0.6 is 23.2 Å². The zero-order valence-electron chi connectivity index (χ0n) is 19.8. The van der Waals surface area contributed by atoms with Crippen molar-refractivity contribution in [2.24, 2.45) is 0 Å². The molecule has 0 saturated carbocycles. The smallest absolute Gasteiger partial charge is 0.280 e. The maximum atomic E-state index is 13.2. The molecule has 0 aliphatic heterocycles. The van der Waals surface area contributed by atoms with Gasteiger partial charge in [0.2, 0.25) is 5.75 Å². The predicted octanol–water partition coefficient (Wildman–Crippen LogP) is 5.20. The number of anilines is 1. The molecule has 0 amide bonds. The largest absolute Gasteiger partial charge is 0.619 e. The quantitative estimate of drug-likeness (QED) is 0.176. The summed E-state index contributed by atoms with van der Waals surface area (Å²) in [4.78, 5) is 12.7. The lowest BCUT2D eigenvalue weighted by Gasteiger charge is -2.16. The van der Waals surface area contributed by atoms with E-state index in [0.717, 1.165) is 5.56 Å². The number of ether oxygens (including phenoxy) is 2. The maximum absolute atomic E-state index is 13.2. The van der Waals surface area contributed by atoms with Crippen molar-refractivity contribution < 1.29 is 22.6 Å². The number of methoxy groups -OCH3 is 1. The second-order valence-corrected chi connectivity index (χ2v) is 10.4. The lowest BCUT2D eigenvalue weighted by Crippen LogP contribution is -2.23. The molecule has 0 unspecified atom stereocenters. The number of pyridine rings is 2. The fourth-order valence-corrected chi connectivity index (χ4v) is 4.44. The van der Waals surface area contributed by atoms with E-state index in [1.807, 2.05) is 13.8 Å². The summed E-state index contributed by atoms with van der Waals surface area (Å²) in [5.74, 6) is 0.341. The van der Waals surface area contributed by atoms with Gasteiger partial charge in [-0.1, -0.05) is 43.1 Å². The third kappa shape index (κ3) is 6.01. The van der Waals surface area contributed by atoms with E-state index in [9.17, 15) is 13.6 Å². The summed E-state index contributed by atoms with van der Waals surface area (Å²) in [5.41, 5.74) is 1.29. The average molecular weight is 562 g/mol. The van der Waals surface area contributed by atoms with E-state index in [0.29, 0.717) is 16.0 Å². The van der Waals surface area contributed by atoms with E-state index in [4.69, 9.17) is 32.7 Å². The molecule has 192 valence electrons. The van der Waals surface area contributed by atoms with Crippen molar-refractivity contribution in [3.05, 3.63) is 82.0 Å². The Labute approximate surface area is 223 Å². The zero-order valence-corrected chi connectivity index (χ0v) is 22.2. The van der Waals surface area contributed by atoms with Gasteiger partial charge in [-0.05, 0) is 29.7 Å². The van der Waals surface area contributed by atoms with Crippen LogP contribution in [-0.2, 0) is 10.0 Å². The molecular formula is C24H21Cl2N5O5S. The molecular weight excluding hydrogens is 541 g/mol. The Bertz CT molecular complexity index is 1530. The molecule has 1 aromatic carbocycles. The van der Waals surface area contributed by atoms with Crippen molar-refractivity contribution in [2.75, 3.05) is 11.8 Å². The van der Waals surface area contributed by atoms with Crippen LogP contribution in [0.1, 0.15) is 25.3 Å². The number of nitrogens with one attached hydrogen (secondary N) is 1. The molecule has 0 saturated heterocycles. The lowest BCUT2D eigenvalue weighted by atomic mass is 10.1. The minimum absolute atomic E-state index is 0.0514. The molecule has 0 radical (unpaired) electrons. The van der Waals surface area contributed by atoms with Gasteiger partial charge < -0.3 is 14.7 Å². The van der Waals surface area contributed by atoms with Gasteiger partial charge in [0.25, 0.3) is 10.0 Å². The summed E-state index contributed by atoms with van der Waals surface area (Å²) in [6.45, 7) is 3.94. The first-order valence-corrected chi connectivity index (χ1v) is 13.1. The van der Waals surface area contributed by atoms with Crippen molar-refractivity contribution in [1.82, 2.24) is 15.0 Å². The van der Waals surface area contributed by atoms with E-state index in [1.54, 1.807) is 18.2 Å². The molecule has 4 aromatic rings. The summed E-state index contributed by atoms with van der Waals surface area (Å²) in [6.07, 6.45) is 3.99. The van der Waals surface area contributed by atoms with E-state index in [2.05, 4.69) is 19.7 Å². The van der Waals surface area contributed by atoms with Crippen molar-refractivity contribution in [1.29, 1.82) is 0 Å². The summed E-state index contributed by atoms with van der Waals surface area (Å²) in [7, 11) is -2.75. The van der Waals surface area contributed by atoms with Gasteiger partial charge in [-0.15, -0.1) is 0 Å². The Morgan fingerprint density at radius 2 is 1.78 bits per heavy atom. The topological polar surface area (TPSA) is 130 Å². The minimum atomic E-state index is -4.22. The first-order valence-electron chi connectivity index (χ1n) is 10.8. The van der Waals surface area contributed by atoms with Gasteiger partial charge in [-0.25, -0.2) is 15.0 Å². The lowest BCUT2D eigenvalue weighted by molar-refractivity contribution is -0.605. The Kier molecular flexibility index (Phi) is 7.67. The molecule has 0 fully saturated rings. The number of hydrogen-bond donors (Lipinski definition) is 1. The highest BCUT2D eigenvalue weighted by Gasteiger charge is 2.24. The van der Waals surface area contributed by atoms with Crippen molar-refractivity contribution in [2.45, 2.75) is 24.8 Å². The summed E-state index contributed by atoms with van der Waals surface area (Å²) >= 11 is 12.7. The van der Waals surface area contributed by atoms with Gasteiger partial charge in [0, 0.05) is 30.0 Å². The number of rotatable bonds is 8. The second kappa shape index (κ2) is 10.8. The summed E-state index contributed by atoms with van der Waals surface area (Å²) < 4.78 is 40.5. The van der Waals surface area contributed by atoms with Crippen LogP contribution in [0.4, 0.5) is 5.82 Å². The maximum Gasteiger partial charge on any atom is 0.280 e. The highest BCUT2D eigenvalue weighted by atomic mass is 35.5. The van der Waals surface area contributed by atoms with Gasteiger partial charge in [0.05, 0.1) is 12.1 Å². The van der Waals surface area contributed by atoms with Gasteiger partial charge in [0.15, 0.2) is 34.2 Å². The fraction of sp³-hybridized carbons (Fsp3) is 0.167. The highest BCUT2D eigenvalue weighted by molar-refractivity contribution is 7.92. The Hall–Kier alpha value is -3.67. The number of halogens is 2. The Morgan fingerprint density at radius 1 is 1.05 bits per heavy atom. The number of hydrogen-bond acceptors (Lipinski definition) is 8. The van der Waals surface area contributed by atoms with E-state index < -0.39 is 10.0 Å². The molecule has 0 atom stereocenters. The van der Waals surface area contributed by atoms with E-state index in [1.165, 1.54) is 50.0 Å². The molecule has 3 heterocycles. The van der Waals surface area contributed by atoms with Gasteiger partial charge in [0.1, 0.15) is 11.5 Å². The Balaban J connectivity index is 1.81. The molecule has 0 aliphatic carbocycles. The molecule has 3 aromatic heterocycles. The number of aromatic nitrogens is 4. The normalized spacial score (nSPS) is 11.4. The molecule has 37 heavy (non-hydrogen) atoms. The van der Waals surface area contributed by atoms with Crippen LogP contribution in [0.3, 0.4) is 0 Å².